The van der Waals surface area contributed by atoms with E-state index in [9.17, 15) is 4.79 Å². The van der Waals surface area contributed by atoms with Crippen LogP contribution in [0.2, 0.25) is 5.15 Å². The Bertz CT molecular complexity index is 1210. The number of halogens is 1. The molecule has 6 nitrogen and oxygen atoms in total. The van der Waals surface area contributed by atoms with Crippen LogP contribution in [-0.4, -0.2) is 23.0 Å². The molecule has 31 heavy (non-hydrogen) atoms. The first-order chi connectivity index (χ1) is 15.1. The summed E-state index contributed by atoms with van der Waals surface area (Å²) < 4.78 is 5.19. The van der Waals surface area contributed by atoms with Crippen LogP contribution in [0, 0.1) is 0 Å². The molecule has 2 aromatic carbocycles. The summed E-state index contributed by atoms with van der Waals surface area (Å²) in [6.07, 6.45) is 5.07. The van der Waals surface area contributed by atoms with Crippen LogP contribution in [0.4, 0.5) is 17.1 Å². The summed E-state index contributed by atoms with van der Waals surface area (Å²) in [6.45, 7) is 0. The van der Waals surface area contributed by atoms with Gasteiger partial charge in [0.05, 0.1) is 24.6 Å². The highest BCUT2D eigenvalue weighted by Crippen LogP contribution is 2.27. The van der Waals surface area contributed by atoms with E-state index in [0.717, 1.165) is 28.3 Å². The summed E-state index contributed by atoms with van der Waals surface area (Å²) >= 11 is 6.02. The van der Waals surface area contributed by atoms with Crippen LogP contribution in [0.3, 0.4) is 0 Å². The average molecular weight is 431 g/mol. The number of anilines is 3. The molecular weight excluding hydrogens is 412 g/mol. The molecule has 0 radical (unpaired) electrons. The van der Waals surface area contributed by atoms with E-state index >= 15 is 0 Å². The minimum Gasteiger partial charge on any atom is -0.497 e. The number of nitrogens with zero attached hydrogens (tertiary/aromatic N) is 2. The fraction of sp³-hybridized carbons (Fsp3) is 0.0417. The molecule has 4 rings (SSSR count). The first-order valence-corrected chi connectivity index (χ1v) is 9.88. The summed E-state index contributed by atoms with van der Waals surface area (Å²) in [5.41, 5.74) is 4.57. The Morgan fingerprint density at radius 2 is 1.71 bits per heavy atom. The topological polar surface area (TPSA) is 76.1 Å². The van der Waals surface area contributed by atoms with Crippen molar-refractivity contribution < 1.29 is 9.53 Å². The smallest absolute Gasteiger partial charge is 0.258 e. The molecule has 0 aliphatic carbocycles. The molecule has 0 atom stereocenters. The van der Waals surface area contributed by atoms with Crippen LogP contribution in [-0.2, 0) is 0 Å². The van der Waals surface area contributed by atoms with Crippen molar-refractivity contribution in [1.82, 2.24) is 9.97 Å². The van der Waals surface area contributed by atoms with Crippen molar-refractivity contribution in [2.24, 2.45) is 0 Å². The van der Waals surface area contributed by atoms with Crippen molar-refractivity contribution in [3.63, 3.8) is 0 Å². The molecule has 0 bridgehead atoms. The lowest BCUT2D eigenvalue weighted by atomic mass is 10.1. The Kier molecular flexibility index (Phi) is 6.10. The summed E-state index contributed by atoms with van der Waals surface area (Å²) in [5, 5.41) is 6.36. The molecule has 0 unspecified atom stereocenters. The third kappa shape index (κ3) is 4.99. The summed E-state index contributed by atoms with van der Waals surface area (Å²) in [5.74, 6) is 0.479. The second-order valence-electron chi connectivity index (χ2n) is 6.69. The number of carbonyl (C=O) groups is 1. The van der Waals surface area contributed by atoms with Gasteiger partial charge in [-0.15, -0.1) is 0 Å². The second kappa shape index (κ2) is 9.28. The van der Waals surface area contributed by atoms with E-state index in [2.05, 4.69) is 20.6 Å². The zero-order valence-electron chi connectivity index (χ0n) is 16.7. The van der Waals surface area contributed by atoms with Crippen molar-refractivity contribution in [3.8, 4) is 16.9 Å². The van der Waals surface area contributed by atoms with E-state index in [0.29, 0.717) is 11.3 Å². The molecule has 0 saturated heterocycles. The number of nitrogens with one attached hydrogen (secondary N) is 2. The van der Waals surface area contributed by atoms with Crippen LogP contribution in [0.15, 0.2) is 85.3 Å². The maximum absolute atomic E-state index is 12.5. The molecule has 0 fully saturated rings. The van der Waals surface area contributed by atoms with Gasteiger partial charge in [-0.25, -0.2) is 4.98 Å². The minimum atomic E-state index is -0.316. The van der Waals surface area contributed by atoms with Gasteiger partial charge in [0.25, 0.3) is 5.91 Å². The number of hydrogen-bond acceptors (Lipinski definition) is 5. The molecule has 2 heterocycles. The maximum Gasteiger partial charge on any atom is 0.258 e. The number of methoxy groups -OCH3 is 1. The van der Waals surface area contributed by atoms with Gasteiger partial charge in [-0.2, -0.15) is 0 Å². The zero-order valence-corrected chi connectivity index (χ0v) is 17.4. The number of carbonyl (C=O) groups excluding carboxylic acids is 1. The standard InChI is InChI=1S/C24H19ClN4O2/c1-31-21-9-7-18(8-10-21)28-20-13-17(14-26-15-20)16-4-2-5-19(12-16)29-24(30)22-6-3-11-27-23(22)25/h2-15,28H,1H3,(H,29,30). The predicted molar refractivity (Wildman–Crippen MR) is 123 cm³/mol. The molecule has 1 amide bonds. The van der Waals surface area contributed by atoms with E-state index in [1.807, 2.05) is 54.6 Å². The predicted octanol–water partition coefficient (Wildman–Crippen LogP) is 5.80. The fourth-order valence-corrected chi connectivity index (χ4v) is 3.24. The molecule has 2 N–H and O–H groups in total. The third-order valence-electron chi connectivity index (χ3n) is 4.57. The highest BCUT2D eigenvalue weighted by atomic mass is 35.5. The van der Waals surface area contributed by atoms with E-state index < -0.39 is 0 Å². The average Bonchev–Trinajstić information content (AvgIpc) is 2.80. The van der Waals surface area contributed by atoms with Crippen LogP contribution in [0.25, 0.3) is 11.1 Å². The Morgan fingerprint density at radius 1 is 0.903 bits per heavy atom. The Hall–Kier alpha value is -3.90. The van der Waals surface area contributed by atoms with Crippen molar-refractivity contribution in [1.29, 1.82) is 0 Å². The molecular formula is C24H19ClN4O2. The first-order valence-electron chi connectivity index (χ1n) is 9.51. The van der Waals surface area contributed by atoms with Crippen molar-refractivity contribution in [2.75, 3.05) is 17.7 Å². The monoisotopic (exact) mass is 430 g/mol. The summed E-state index contributed by atoms with van der Waals surface area (Å²) in [4.78, 5) is 20.8. The van der Waals surface area contributed by atoms with Gasteiger partial charge in [-0.05, 0) is 60.2 Å². The highest BCUT2D eigenvalue weighted by Gasteiger charge is 2.11. The molecule has 0 aliphatic heterocycles. The van der Waals surface area contributed by atoms with E-state index in [-0.39, 0.29) is 11.1 Å². The van der Waals surface area contributed by atoms with Gasteiger partial charge < -0.3 is 15.4 Å². The highest BCUT2D eigenvalue weighted by molar-refractivity contribution is 6.33. The van der Waals surface area contributed by atoms with Crippen molar-refractivity contribution in [3.05, 3.63) is 96.0 Å². The lowest BCUT2D eigenvalue weighted by molar-refractivity contribution is 0.102. The molecule has 4 aromatic rings. The van der Waals surface area contributed by atoms with Gasteiger partial charge in [0.15, 0.2) is 0 Å². The van der Waals surface area contributed by atoms with Crippen LogP contribution < -0.4 is 15.4 Å². The molecule has 0 aliphatic rings. The van der Waals surface area contributed by atoms with Gasteiger partial charge in [0, 0.05) is 29.3 Å². The minimum absolute atomic E-state index is 0.165. The van der Waals surface area contributed by atoms with Gasteiger partial charge >= 0.3 is 0 Å². The Labute approximate surface area is 184 Å². The summed E-state index contributed by atoms with van der Waals surface area (Å²) in [7, 11) is 1.64. The third-order valence-corrected chi connectivity index (χ3v) is 4.88. The number of pyridine rings is 2. The lowest BCUT2D eigenvalue weighted by Gasteiger charge is -2.10. The SMILES string of the molecule is COc1ccc(Nc2cncc(-c3cccc(NC(=O)c4cccnc4Cl)c3)c2)cc1. The zero-order chi connectivity index (χ0) is 21.6. The Balaban J connectivity index is 1.53. The number of hydrogen-bond donors (Lipinski definition) is 2. The van der Waals surface area contributed by atoms with Crippen LogP contribution in [0.5, 0.6) is 5.75 Å². The van der Waals surface area contributed by atoms with Crippen LogP contribution >= 0.6 is 11.6 Å². The normalized spacial score (nSPS) is 10.4. The largest absolute Gasteiger partial charge is 0.497 e. The van der Waals surface area contributed by atoms with Gasteiger partial charge in [-0.1, -0.05) is 23.7 Å². The second-order valence-corrected chi connectivity index (χ2v) is 7.05. The first kappa shape index (κ1) is 20.4. The van der Waals surface area contributed by atoms with Gasteiger partial charge in [-0.3, -0.25) is 9.78 Å². The van der Waals surface area contributed by atoms with E-state index in [4.69, 9.17) is 16.3 Å². The quantitative estimate of drug-likeness (QED) is 0.378. The molecule has 0 spiro atoms. The van der Waals surface area contributed by atoms with Crippen molar-refractivity contribution in [2.45, 2.75) is 0 Å². The molecule has 154 valence electrons. The van der Waals surface area contributed by atoms with Crippen LogP contribution in [0.1, 0.15) is 10.4 Å². The molecule has 2 aromatic heterocycles. The van der Waals surface area contributed by atoms with Crippen molar-refractivity contribution >= 4 is 34.6 Å². The van der Waals surface area contributed by atoms with E-state index in [1.54, 1.807) is 37.8 Å². The number of aromatic nitrogens is 2. The maximum atomic E-state index is 12.5. The number of benzene rings is 2. The molecule has 7 heteroatoms. The Morgan fingerprint density at radius 3 is 2.48 bits per heavy atom. The van der Waals surface area contributed by atoms with Gasteiger partial charge in [0.1, 0.15) is 10.9 Å². The number of amides is 1. The molecule has 0 saturated carbocycles. The number of rotatable bonds is 6. The van der Waals surface area contributed by atoms with E-state index in [1.165, 1.54) is 0 Å². The number of ether oxygens (including phenoxy) is 1. The fourth-order valence-electron chi connectivity index (χ4n) is 3.04. The summed E-state index contributed by atoms with van der Waals surface area (Å²) in [6, 6.07) is 20.5. The van der Waals surface area contributed by atoms with Gasteiger partial charge in [0.2, 0.25) is 0 Å². The lowest BCUT2D eigenvalue weighted by Crippen LogP contribution is -2.12.